The summed E-state index contributed by atoms with van der Waals surface area (Å²) >= 11 is 1.55. The molecule has 94 valence electrons. The number of aliphatic hydroxyl groups excluding tert-OH is 1. The molecule has 0 saturated heterocycles. The molecule has 1 aromatic carbocycles. The second-order valence-electron chi connectivity index (χ2n) is 4.70. The predicted octanol–water partition coefficient (Wildman–Crippen LogP) is 2.10. The fraction of sp³-hybridized carbons (Fsp3) is 0.462. The molecule has 0 aromatic heterocycles. The minimum atomic E-state index is -0.744. The third-order valence-electron chi connectivity index (χ3n) is 2.60. The Morgan fingerprint density at radius 3 is 2.41 bits per heavy atom. The van der Waals surface area contributed by atoms with E-state index in [1.54, 1.807) is 11.8 Å². The smallest absolute Gasteiger partial charge is 0.220 e. The van der Waals surface area contributed by atoms with E-state index in [0.717, 1.165) is 4.90 Å². The van der Waals surface area contributed by atoms with Gasteiger partial charge >= 0.3 is 0 Å². The minimum absolute atomic E-state index is 0.00807. The van der Waals surface area contributed by atoms with Crippen LogP contribution in [0.5, 0.6) is 0 Å². The van der Waals surface area contributed by atoms with E-state index in [0.29, 0.717) is 0 Å². The third kappa shape index (κ3) is 4.40. The topological polar surface area (TPSA) is 63.3 Å². The fourth-order valence-corrected chi connectivity index (χ4v) is 2.51. The summed E-state index contributed by atoms with van der Waals surface area (Å²) in [4.78, 5) is 11.9. The zero-order chi connectivity index (χ0) is 13.1. The lowest BCUT2D eigenvalue weighted by molar-refractivity contribution is -0.120. The van der Waals surface area contributed by atoms with E-state index in [1.165, 1.54) is 5.56 Å². The quantitative estimate of drug-likeness (QED) is 0.790. The maximum atomic E-state index is 10.8. The highest BCUT2D eigenvalue weighted by atomic mass is 32.2. The van der Waals surface area contributed by atoms with Crippen LogP contribution < -0.4 is 5.73 Å². The van der Waals surface area contributed by atoms with Crippen LogP contribution in [0.15, 0.2) is 29.2 Å². The fourth-order valence-electron chi connectivity index (χ4n) is 1.41. The van der Waals surface area contributed by atoms with Crippen molar-refractivity contribution in [2.75, 3.05) is 0 Å². The summed E-state index contributed by atoms with van der Waals surface area (Å²) in [5.74, 6) is -0.477. The van der Waals surface area contributed by atoms with Crippen LogP contribution in [-0.4, -0.2) is 21.9 Å². The summed E-state index contributed by atoms with van der Waals surface area (Å²) in [5, 5.41) is 9.94. The molecule has 0 aliphatic carbocycles. The van der Waals surface area contributed by atoms with Gasteiger partial charge in [-0.2, -0.15) is 0 Å². The van der Waals surface area contributed by atoms with Crippen LogP contribution in [0, 0.1) is 6.92 Å². The number of thioether (sulfide) groups is 1. The van der Waals surface area contributed by atoms with Crippen molar-refractivity contribution in [3.63, 3.8) is 0 Å². The van der Waals surface area contributed by atoms with E-state index in [4.69, 9.17) is 5.73 Å². The summed E-state index contributed by atoms with van der Waals surface area (Å²) in [7, 11) is 0. The largest absolute Gasteiger partial charge is 0.391 e. The molecule has 3 nitrogen and oxygen atoms in total. The lowest BCUT2D eigenvalue weighted by atomic mass is 10.0. The number of primary amides is 1. The van der Waals surface area contributed by atoms with Crippen molar-refractivity contribution in [3.8, 4) is 0 Å². The molecule has 0 heterocycles. The van der Waals surface area contributed by atoms with Gasteiger partial charge in [0.1, 0.15) is 0 Å². The summed E-state index contributed by atoms with van der Waals surface area (Å²) in [6.45, 7) is 5.85. The number of amides is 1. The van der Waals surface area contributed by atoms with Crippen molar-refractivity contribution in [3.05, 3.63) is 29.8 Å². The van der Waals surface area contributed by atoms with Crippen molar-refractivity contribution in [1.29, 1.82) is 0 Å². The van der Waals surface area contributed by atoms with Gasteiger partial charge in [0.2, 0.25) is 5.91 Å². The number of benzene rings is 1. The predicted molar refractivity (Wildman–Crippen MR) is 70.9 cm³/mol. The molecular weight excluding hydrogens is 234 g/mol. The van der Waals surface area contributed by atoms with Gasteiger partial charge in [-0.25, -0.2) is 0 Å². The Balaban J connectivity index is 2.71. The van der Waals surface area contributed by atoms with Gasteiger partial charge < -0.3 is 10.8 Å². The van der Waals surface area contributed by atoms with E-state index in [9.17, 15) is 9.90 Å². The normalized spacial score (nSPS) is 13.4. The SMILES string of the molecule is Cc1ccc(SC(C)(C)C(O)CC(N)=O)cc1. The van der Waals surface area contributed by atoms with Crippen molar-refractivity contribution in [2.45, 2.75) is 42.9 Å². The number of carbonyl (C=O) groups excluding carboxylic acids is 1. The lowest BCUT2D eigenvalue weighted by Crippen LogP contribution is -2.36. The third-order valence-corrected chi connectivity index (χ3v) is 3.90. The zero-order valence-corrected chi connectivity index (χ0v) is 11.3. The molecule has 1 aromatic rings. The average molecular weight is 253 g/mol. The number of aliphatic hydroxyl groups is 1. The van der Waals surface area contributed by atoms with Gasteiger partial charge in [-0.15, -0.1) is 11.8 Å². The number of nitrogens with two attached hydrogens (primary N) is 1. The summed E-state index contributed by atoms with van der Waals surface area (Å²) in [5.41, 5.74) is 6.29. The zero-order valence-electron chi connectivity index (χ0n) is 10.4. The van der Waals surface area contributed by atoms with E-state index in [2.05, 4.69) is 0 Å². The maximum Gasteiger partial charge on any atom is 0.220 e. The molecule has 1 atom stereocenters. The first-order chi connectivity index (χ1) is 7.81. The van der Waals surface area contributed by atoms with E-state index < -0.39 is 16.8 Å². The molecule has 0 aliphatic rings. The Kier molecular flexibility index (Phi) is 4.60. The van der Waals surface area contributed by atoms with Crippen molar-refractivity contribution < 1.29 is 9.90 Å². The second-order valence-corrected chi connectivity index (χ2v) is 6.43. The first-order valence-electron chi connectivity index (χ1n) is 5.53. The Hall–Kier alpha value is -1.00. The highest BCUT2D eigenvalue weighted by Gasteiger charge is 2.30. The monoisotopic (exact) mass is 253 g/mol. The first kappa shape index (κ1) is 14.1. The van der Waals surface area contributed by atoms with E-state index in [-0.39, 0.29) is 6.42 Å². The molecule has 1 rings (SSSR count). The van der Waals surface area contributed by atoms with E-state index >= 15 is 0 Å². The van der Waals surface area contributed by atoms with Crippen LogP contribution in [0.4, 0.5) is 0 Å². The first-order valence-corrected chi connectivity index (χ1v) is 6.35. The molecule has 17 heavy (non-hydrogen) atoms. The van der Waals surface area contributed by atoms with Gasteiger partial charge in [0.05, 0.1) is 12.5 Å². The highest BCUT2D eigenvalue weighted by Crippen LogP contribution is 2.36. The minimum Gasteiger partial charge on any atom is -0.391 e. The van der Waals surface area contributed by atoms with Crippen molar-refractivity contribution >= 4 is 17.7 Å². The molecule has 0 spiro atoms. The summed E-state index contributed by atoms with van der Waals surface area (Å²) in [6.07, 6.45) is -0.752. The standard InChI is InChI=1S/C13H19NO2S/c1-9-4-6-10(7-5-9)17-13(2,3)11(15)8-12(14)16/h4-7,11,15H,8H2,1-3H3,(H2,14,16). The number of hydrogen-bond donors (Lipinski definition) is 2. The van der Waals surface area contributed by atoms with Crippen LogP contribution in [0.25, 0.3) is 0 Å². The molecule has 1 amide bonds. The molecule has 1 unspecified atom stereocenters. The number of carbonyl (C=O) groups is 1. The van der Waals surface area contributed by atoms with Gasteiger partial charge in [-0.05, 0) is 32.9 Å². The van der Waals surface area contributed by atoms with Crippen LogP contribution in [0.1, 0.15) is 25.8 Å². The van der Waals surface area contributed by atoms with Crippen LogP contribution in [-0.2, 0) is 4.79 Å². The van der Waals surface area contributed by atoms with Crippen LogP contribution in [0.3, 0.4) is 0 Å². The number of aryl methyl sites for hydroxylation is 1. The molecule has 0 aliphatic heterocycles. The molecular formula is C13H19NO2S. The van der Waals surface area contributed by atoms with Gasteiger partial charge in [0, 0.05) is 9.64 Å². The Morgan fingerprint density at radius 1 is 1.41 bits per heavy atom. The molecule has 0 saturated carbocycles. The number of hydrogen-bond acceptors (Lipinski definition) is 3. The Labute approximate surface area is 106 Å². The molecule has 3 N–H and O–H groups in total. The summed E-state index contributed by atoms with van der Waals surface area (Å²) < 4.78 is -0.440. The highest BCUT2D eigenvalue weighted by molar-refractivity contribution is 8.00. The molecule has 0 radical (unpaired) electrons. The van der Waals surface area contributed by atoms with Crippen molar-refractivity contribution in [1.82, 2.24) is 0 Å². The molecule has 0 bridgehead atoms. The molecule has 4 heteroatoms. The van der Waals surface area contributed by atoms with Gasteiger partial charge in [0.25, 0.3) is 0 Å². The second kappa shape index (κ2) is 5.56. The van der Waals surface area contributed by atoms with Crippen molar-refractivity contribution in [2.24, 2.45) is 5.73 Å². The van der Waals surface area contributed by atoms with Gasteiger partial charge in [-0.1, -0.05) is 17.7 Å². The molecule has 0 fully saturated rings. The lowest BCUT2D eigenvalue weighted by Gasteiger charge is -2.29. The average Bonchev–Trinajstić information content (AvgIpc) is 2.20. The maximum absolute atomic E-state index is 10.8. The van der Waals surface area contributed by atoms with Gasteiger partial charge in [0.15, 0.2) is 0 Å². The van der Waals surface area contributed by atoms with Crippen LogP contribution >= 0.6 is 11.8 Å². The van der Waals surface area contributed by atoms with Crippen LogP contribution in [0.2, 0.25) is 0 Å². The van der Waals surface area contributed by atoms with Gasteiger partial charge in [-0.3, -0.25) is 4.79 Å². The Bertz CT molecular complexity index is 387. The van der Waals surface area contributed by atoms with E-state index in [1.807, 2.05) is 45.0 Å². The summed E-state index contributed by atoms with van der Waals surface area (Å²) in [6, 6.07) is 8.08. The Morgan fingerprint density at radius 2 is 1.94 bits per heavy atom. The number of rotatable bonds is 5.